The fourth-order valence-corrected chi connectivity index (χ4v) is 10.7. The predicted molar refractivity (Wildman–Crippen MR) is 318 cm³/mol. The standard InChI is InChI=1S/3C24H15FNO.Ir/c3*1-15-7-2-3-8-17(15)16-13-21(26-23(25)14-16)20-11-6-10-19-18-9-4-5-12-22(18)27-24(19)20;/h3*2-10,12-14H,1H3;/q3*-1;+3. The average molecular weight is 1250 g/mol. The second-order valence-corrected chi connectivity index (χ2v) is 19.7. The molecule has 0 aliphatic carbocycles. The van der Waals surface area contributed by atoms with Crippen molar-refractivity contribution in [3.05, 3.63) is 271 Å². The first-order valence-corrected chi connectivity index (χ1v) is 26.3. The first-order chi connectivity index (χ1) is 39.6. The second kappa shape index (κ2) is 22.4. The van der Waals surface area contributed by atoms with Crippen LogP contribution in [0.2, 0.25) is 0 Å². The Kier molecular flexibility index (Phi) is 14.5. The van der Waals surface area contributed by atoms with E-state index < -0.39 is 17.8 Å². The third kappa shape index (κ3) is 10.1. The van der Waals surface area contributed by atoms with Crippen molar-refractivity contribution < 1.29 is 46.5 Å². The molecular weight excluding hydrogens is 1200 g/mol. The Bertz CT molecular complexity index is 4400. The Morgan fingerprint density at radius 1 is 0.317 bits per heavy atom. The van der Waals surface area contributed by atoms with Crippen molar-refractivity contribution in [2.45, 2.75) is 20.8 Å². The van der Waals surface area contributed by atoms with Crippen LogP contribution < -0.4 is 0 Å². The van der Waals surface area contributed by atoms with E-state index in [-0.39, 0.29) is 20.1 Å². The Labute approximate surface area is 483 Å². The van der Waals surface area contributed by atoms with Crippen molar-refractivity contribution in [2.75, 3.05) is 0 Å². The van der Waals surface area contributed by atoms with E-state index in [1.807, 2.05) is 221 Å². The van der Waals surface area contributed by atoms with Gasteiger partial charge in [0.15, 0.2) is 0 Å². The van der Waals surface area contributed by atoms with E-state index in [0.717, 1.165) is 99.1 Å². The van der Waals surface area contributed by atoms with Gasteiger partial charge in [-0.05, 0) is 124 Å². The molecule has 0 aliphatic rings. The van der Waals surface area contributed by atoms with Crippen molar-refractivity contribution >= 4 is 65.8 Å². The summed E-state index contributed by atoms with van der Waals surface area (Å²) in [5, 5.41) is 6.00. The number of rotatable bonds is 6. The number of benzene rings is 9. The van der Waals surface area contributed by atoms with Crippen LogP contribution in [0.3, 0.4) is 0 Å². The van der Waals surface area contributed by atoms with Gasteiger partial charge in [0.2, 0.25) is 17.8 Å². The van der Waals surface area contributed by atoms with Crippen LogP contribution in [0.4, 0.5) is 13.2 Å². The number of halogens is 3. The molecule has 0 radical (unpaired) electrons. The van der Waals surface area contributed by atoms with Crippen molar-refractivity contribution in [3.8, 4) is 67.2 Å². The second-order valence-electron chi connectivity index (χ2n) is 19.7. The van der Waals surface area contributed by atoms with Crippen molar-refractivity contribution in [1.29, 1.82) is 0 Å². The fraction of sp³-hybridized carbons (Fsp3) is 0.0417. The molecule has 15 rings (SSSR count). The molecule has 6 nitrogen and oxygen atoms in total. The minimum atomic E-state index is -0.521. The Morgan fingerprint density at radius 3 is 0.878 bits per heavy atom. The number of para-hydroxylation sites is 3. The Balaban J connectivity index is 0.000000121. The summed E-state index contributed by atoms with van der Waals surface area (Å²) >= 11 is 0. The van der Waals surface area contributed by atoms with Gasteiger partial charge in [0.05, 0.1) is 16.7 Å². The van der Waals surface area contributed by atoms with Gasteiger partial charge in [-0.15, -0.1) is 54.6 Å². The Hall–Kier alpha value is -9.73. The quantitative estimate of drug-likeness (QED) is 0.122. The summed E-state index contributed by atoms with van der Waals surface area (Å²) in [7, 11) is 0. The summed E-state index contributed by atoms with van der Waals surface area (Å²) in [5.41, 5.74) is 16.5. The maximum absolute atomic E-state index is 14.4. The van der Waals surface area contributed by atoms with Crippen molar-refractivity contribution in [1.82, 2.24) is 15.0 Å². The molecule has 15 aromatic rings. The first kappa shape index (κ1) is 52.9. The van der Waals surface area contributed by atoms with E-state index in [9.17, 15) is 13.2 Å². The van der Waals surface area contributed by atoms with Gasteiger partial charge in [0.25, 0.3) is 0 Å². The average Bonchev–Trinajstić information content (AvgIpc) is 4.39. The van der Waals surface area contributed by atoms with Crippen LogP contribution in [-0.4, -0.2) is 15.0 Å². The Morgan fingerprint density at radius 2 is 0.585 bits per heavy atom. The SMILES string of the molecule is Cc1ccccc1-c1cc(F)nc(-c2[c-]ccc3c2oc2ccccc23)c1.Cc1ccccc1-c1cc(F)nc(-c2[c-]ccc3c2oc2ccccc23)c1.Cc1ccccc1-c1cc(F)nc(-c2[c-]ccc3c2oc2ccccc23)c1.[Ir+3]. The van der Waals surface area contributed by atoms with Gasteiger partial charge < -0.3 is 13.3 Å². The topological polar surface area (TPSA) is 78.1 Å². The van der Waals surface area contributed by atoms with E-state index in [1.165, 1.54) is 18.2 Å². The van der Waals surface area contributed by atoms with Crippen LogP contribution in [0.1, 0.15) is 16.7 Å². The number of aromatic nitrogens is 3. The number of hydrogen-bond acceptors (Lipinski definition) is 6. The van der Waals surface area contributed by atoms with Gasteiger partial charge in [-0.2, -0.15) is 13.2 Å². The monoisotopic (exact) mass is 1250 g/mol. The molecule has 10 heteroatoms. The number of hydrogen-bond donors (Lipinski definition) is 0. The van der Waals surface area contributed by atoms with Gasteiger partial charge in [-0.25, -0.2) is 0 Å². The smallest absolute Gasteiger partial charge is 0.501 e. The molecule has 0 fully saturated rings. The normalized spacial score (nSPS) is 11.2. The third-order valence-corrected chi connectivity index (χ3v) is 14.5. The number of aryl methyl sites for hydroxylation is 3. The van der Waals surface area contributed by atoms with E-state index in [2.05, 4.69) is 33.2 Å². The van der Waals surface area contributed by atoms with Gasteiger partial charge in [-0.1, -0.05) is 178 Å². The summed E-state index contributed by atoms with van der Waals surface area (Å²) in [6, 6.07) is 78.4. The molecule has 0 aliphatic heterocycles. The van der Waals surface area contributed by atoms with Gasteiger partial charge in [0, 0.05) is 16.2 Å². The van der Waals surface area contributed by atoms with Crippen LogP contribution in [0.5, 0.6) is 0 Å². The minimum absolute atomic E-state index is 0. The number of pyridine rings is 3. The maximum Gasteiger partial charge on any atom is 3.00 e. The summed E-state index contributed by atoms with van der Waals surface area (Å²) in [5.74, 6) is -1.56. The molecule has 0 saturated carbocycles. The van der Waals surface area contributed by atoms with Crippen molar-refractivity contribution in [3.63, 3.8) is 0 Å². The molecule has 0 N–H and O–H groups in total. The molecule has 82 heavy (non-hydrogen) atoms. The van der Waals surface area contributed by atoms with Crippen LogP contribution in [0.25, 0.3) is 133 Å². The fourth-order valence-electron chi connectivity index (χ4n) is 10.7. The number of furan rings is 3. The van der Waals surface area contributed by atoms with Gasteiger partial charge in [0.1, 0.15) is 16.7 Å². The summed E-state index contributed by atoms with van der Waals surface area (Å²) in [4.78, 5) is 12.4. The molecule has 6 heterocycles. The largest absolute Gasteiger partial charge is 3.00 e. The number of fused-ring (bicyclic) bond motifs is 9. The van der Waals surface area contributed by atoms with E-state index in [4.69, 9.17) is 13.3 Å². The molecule has 396 valence electrons. The molecule has 0 atom stereocenters. The summed E-state index contributed by atoms with van der Waals surface area (Å²) in [6.07, 6.45) is 0. The van der Waals surface area contributed by atoms with Crippen LogP contribution in [-0.2, 0) is 20.1 Å². The summed E-state index contributed by atoms with van der Waals surface area (Å²) in [6.45, 7) is 6.04. The van der Waals surface area contributed by atoms with Crippen LogP contribution in [0, 0.1) is 56.8 Å². The summed E-state index contributed by atoms with van der Waals surface area (Å²) < 4.78 is 61.3. The minimum Gasteiger partial charge on any atom is -0.501 e. The predicted octanol–water partition coefficient (Wildman–Crippen LogP) is 19.7. The first-order valence-electron chi connectivity index (χ1n) is 26.3. The molecule has 0 unspecified atom stereocenters. The van der Waals surface area contributed by atoms with E-state index >= 15 is 0 Å². The van der Waals surface area contributed by atoms with E-state index in [0.29, 0.717) is 50.5 Å². The van der Waals surface area contributed by atoms with Crippen LogP contribution in [0.15, 0.2) is 232 Å². The molecule has 0 saturated heterocycles. The van der Waals surface area contributed by atoms with Crippen LogP contribution >= 0.6 is 0 Å². The zero-order chi connectivity index (χ0) is 55.1. The molecule has 0 amide bonds. The molecule has 0 spiro atoms. The van der Waals surface area contributed by atoms with Crippen molar-refractivity contribution in [2.24, 2.45) is 0 Å². The van der Waals surface area contributed by atoms with Gasteiger partial charge >= 0.3 is 20.1 Å². The molecule has 0 bridgehead atoms. The molecule has 9 aromatic carbocycles. The van der Waals surface area contributed by atoms with E-state index in [1.54, 1.807) is 0 Å². The molecule has 6 aromatic heterocycles. The third-order valence-electron chi connectivity index (χ3n) is 14.5. The van der Waals surface area contributed by atoms with Gasteiger partial charge in [-0.3, -0.25) is 15.0 Å². The maximum atomic E-state index is 14.4. The number of nitrogens with zero attached hydrogens (tertiary/aromatic N) is 3. The molecular formula is C72H45F3IrN3O3. The zero-order valence-electron chi connectivity index (χ0n) is 44.3. The zero-order valence-corrected chi connectivity index (χ0v) is 46.7.